The minimum Gasteiger partial charge on any atom is -0.488 e. The highest BCUT2D eigenvalue weighted by Gasteiger charge is 2.30. The number of halogens is 3. The summed E-state index contributed by atoms with van der Waals surface area (Å²) < 4.78 is 50.3. The van der Waals surface area contributed by atoms with Crippen LogP contribution in [-0.4, -0.2) is 35.1 Å². The van der Waals surface area contributed by atoms with Gasteiger partial charge in [-0.15, -0.1) is 0 Å². The SMILES string of the molecule is COCCOc1cnn(-c2nc(N)c(C#N)c(-c3ccc(C(F)(F)F)cc3)c2C#N)c1. The van der Waals surface area contributed by atoms with Gasteiger partial charge in [-0.1, -0.05) is 12.1 Å². The number of nitrogens with zero attached hydrogens (tertiary/aromatic N) is 5. The molecular weight excluding hydrogens is 413 g/mol. The van der Waals surface area contributed by atoms with Crippen molar-refractivity contribution in [1.29, 1.82) is 10.5 Å². The van der Waals surface area contributed by atoms with E-state index in [4.69, 9.17) is 15.2 Å². The van der Waals surface area contributed by atoms with Crippen LogP contribution in [0, 0.1) is 22.7 Å². The van der Waals surface area contributed by atoms with E-state index in [-0.39, 0.29) is 40.5 Å². The summed E-state index contributed by atoms with van der Waals surface area (Å²) in [4.78, 5) is 4.11. The zero-order valence-corrected chi connectivity index (χ0v) is 16.1. The van der Waals surface area contributed by atoms with Gasteiger partial charge < -0.3 is 15.2 Å². The minimum atomic E-state index is -4.52. The van der Waals surface area contributed by atoms with E-state index in [2.05, 4.69) is 10.1 Å². The lowest BCUT2D eigenvalue weighted by atomic mass is 9.95. The average Bonchev–Trinajstić information content (AvgIpc) is 3.21. The van der Waals surface area contributed by atoms with Crippen LogP contribution in [0.4, 0.5) is 19.0 Å². The molecule has 0 unspecified atom stereocenters. The van der Waals surface area contributed by atoms with Gasteiger partial charge in [-0.2, -0.15) is 28.8 Å². The average molecular weight is 428 g/mol. The first-order valence-corrected chi connectivity index (χ1v) is 8.78. The number of anilines is 1. The maximum atomic E-state index is 12.9. The number of hydrogen-bond donors (Lipinski definition) is 1. The fraction of sp³-hybridized carbons (Fsp3) is 0.200. The van der Waals surface area contributed by atoms with E-state index in [0.717, 1.165) is 12.1 Å². The first-order chi connectivity index (χ1) is 14.8. The second kappa shape index (κ2) is 8.73. The van der Waals surface area contributed by atoms with Gasteiger partial charge in [0.05, 0.1) is 24.6 Å². The highest BCUT2D eigenvalue weighted by Crippen LogP contribution is 2.36. The first kappa shape index (κ1) is 21.6. The highest BCUT2D eigenvalue weighted by atomic mass is 19.4. The lowest BCUT2D eigenvalue weighted by Gasteiger charge is -2.14. The molecule has 2 aromatic heterocycles. The minimum absolute atomic E-state index is 0.00971. The van der Waals surface area contributed by atoms with Crippen LogP contribution in [0.3, 0.4) is 0 Å². The van der Waals surface area contributed by atoms with Crippen molar-refractivity contribution in [1.82, 2.24) is 14.8 Å². The third-order valence-electron chi connectivity index (χ3n) is 4.26. The van der Waals surface area contributed by atoms with Crippen molar-refractivity contribution in [3.05, 3.63) is 53.3 Å². The van der Waals surface area contributed by atoms with Crippen LogP contribution in [0.5, 0.6) is 5.75 Å². The van der Waals surface area contributed by atoms with Crippen LogP contribution in [0.25, 0.3) is 16.9 Å². The molecule has 3 rings (SSSR count). The standard InChI is InChI=1S/C20H15F3N6O2/c1-30-6-7-31-14-10-27-29(11-14)19-16(9-25)17(15(8-24)18(26)28-19)12-2-4-13(5-3-12)20(21,22)23/h2-5,10-11H,6-7H2,1H3,(H2,26,28). The quantitative estimate of drug-likeness (QED) is 0.598. The number of rotatable bonds is 6. The summed E-state index contributed by atoms with van der Waals surface area (Å²) in [5, 5.41) is 23.4. The van der Waals surface area contributed by atoms with Crippen molar-refractivity contribution in [3.8, 4) is 34.8 Å². The van der Waals surface area contributed by atoms with Crippen molar-refractivity contribution < 1.29 is 22.6 Å². The number of nitriles is 2. The van der Waals surface area contributed by atoms with Gasteiger partial charge in [-0.05, 0) is 17.7 Å². The molecule has 0 aliphatic rings. The molecule has 11 heteroatoms. The molecule has 0 aliphatic heterocycles. The smallest absolute Gasteiger partial charge is 0.416 e. The fourth-order valence-corrected chi connectivity index (χ4v) is 2.83. The number of methoxy groups -OCH3 is 1. The van der Waals surface area contributed by atoms with Gasteiger partial charge in [0.2, 0.25) is 0 Å². The van der Waals surface area contributed by atoms with E-state index >= 15 is 0 Å². The van der Waals surface area contributed by atoms with Crippen LogP contribution < -0.4 is 10.5 Å². The van der Waals surface area contributed by atoms with E-state index in [1.807, 2.05) is 12.1 Å². The van der Waals surface area contributed by atoms with Crippen molar-refractivity contribution in [2.45, 2.75) is 6.18 Å². The van der Waals surface area contributed by atoms with Crippen molar-refractivity contribution in [2.75, 3.05) is 26.1 Å². The molecule has 158 valence electrons. The Hall–Kier alpha value is -4.09. The number of alkyl halides is 3. The van der Waals surface area contributed by atoms with Gasteiger partial charge in [-0.25, -0.2) is 9.67 Å². The van der Waals surface area contributed by atoms with Crippen molar-refractivity contribution >= 4 is 5.82 Å². The van der Waals surface area contributed by atoms with Gasteiger partial charge >= 0.3 is 6.18 Å². The zero-order chi connectivity index (χ0) is 22.6. The maximum absolute atomic E-state index is 12.9. The Labute approximate surface area is 174 Å². The molecule has 0 aliphatic carbocycles. The Balaban J connectivity index is 2.13. The van der Waals surface area contributed by atoms with E-state index in [0.29, 0.717) is 12.4 Å². The Morgan fingerprint density at radius 1 is 1.10 bits per heavy atom. The summed E-state index contributed by atoms with van der Waals surface area (Å²) in [7, 11) is 1.53. The normalized spacial score (nSPS) is 11.0. The summed E-state index contributed by atoms with van der Waals surface area (Å²) in [6.07, 6.45) is -1.67. The molecule has 3 aromatic rings. The first-order valence-electron chi connectivity index (χ1n) is 8.78. The molecular formula is C20H15F3N6O2. The zero-order valence-electron chi connectivity index (χ0n) is 16.1. The van der Waals surface area contributed by atoms with Crippen LogP contribution >= 0.6 is 0 Å². The third-order valence-corrected chi connectivity index (χ3v) is 4.26. The second-order valence-corrected chi connectivity index (χ2v) is 6.21. The van der Waals surface area contributed by atoms with Gasteiger partial charge in [0.1, 0.15) is 35.7 Å². The van der Waals surface area contributed by atoms with E-state index in [9.17, 15) is 23.7 Å². The van der Waals surface area contributed by atoms with Crippen LogP contribution in [-0.2, 0) is 10.9 Å². The van der Waals surface area contributed by atoms with E-state index in [1.54, 1.807) is 0 Å². The lowest BCUT2D eigenvalue weighted by molar-refractivity contribution is -0.137. The molecule has 0 saturated heterocycles. The highest BCUT2D eigenvalue weighted by molar-refractivity contribution is 5.83. The number of ether oxygens (including phenoxy) is 2. The maximum Gasteiger partial charge on any atom is 0.416 e. The Kier molecular flexibility index (Phi) is 6.09. The van der Waals surface area contributed by atoms with Crippen LogP contribution in [0.2, 0.25) is 0 Å². The molecule has 2 heterocycles. The van der Waals surface area contributed by atoms with E-state index < -0.39 is 11.7 Å². The molecule has 0 radical (unpaired) electrons. The summed E-state index contributed by atoms with van der Waals surface area (Å²) >= 11 is 0. The monoisotopic (exact) mass is 428 g/mol. The summed E-state index contributed by atoms with van der Waals surface area (Å²) in [5.74, 6) is 0.195. The molecule has 8 nitrogen and oxygen atoms in total. The summed E-state index contributed by atoms with van der Waals surface area (Å²) in [6.45, 7) is 0.627. The predicted molar refractivity (Wildman–Crippen MR) is 103 cm³/mol. The third kappa shape index (κ3) is 4.42. The topological polar surface area (TPSA) is 123 Å². The molecule has 0 bridgehead atoms. The molecule has 1 aromatic carbocycles. The Bertz CT molecular complexity index is 1170. The largest absolute Gasteiger partial charge is 0.488 e. The number of aromatic nitrogens is 3. The van der Waals surface area contributed by atoms with Gasteiger partial charge in [0.25, 0.3) is 0 Å². The van der Waals surface area contributed by atoms with Crippen molar-refractivity contribution in [2.24, 2.45) is 0 Å². The molecule has 2 N–H and O–H groups in total. The Morgan fingerprint density at radius 3 is 2.35 bits per heavy atom. The summed E-state index contributed by atoms with van der Waals surface area (Å²) in [6, 6.07) is 7.90. The number of benzene rings is 1. The van der Waals surface area contributed by atoms with Crippen LogP contribution in [0.15, 0.2) is 36.7 Å². The van der Waals surface area contributed by atoms with Gasteiger partial charge in [0, 0.05) is 12.7 Å². The molecule has 0 spiro atoms. The van der Waals surface area contributed by atoms with Crippen LogP contribution in [0.1, 0.15) is 16.7 Å². The molecule has 31 heavy (non-hydrogen) atoms. The number of nitrogen functional groups attached to an aromatic ring is 1. The lowest BCUT2D eigenvalue weighted by Crippen LogP contribution is -2.09. The van der Waals surface area contributed by atoms with E-state index in [1.165, 1.54) is 36.3 Å². The molecule has 0 fully saturated rings. The molecule has 0 saturated carbocycles. The Morgan fingerprint density at radius 2 is 1.77 bits per heavy atom. The summed E-state index contributed by atoms with van der Waals surface area (Å²) in [5.41, 5.74) is 5.15. The number of hydrogen-bond acceptors (Lipinski definition) is 7. The predicted octanol–water partition coefficient (Wildman–Crippen LogP) is 3.30. The van der Waals surface area contributed by atoms with Crippen molar-refractivity contribution in [3.63, 3.8) is 0 Å². The number of nitrogens with two attached hydrogens (primary N) is 1. The fourth-order valence-electron chi connectivity index (χ4n) is 2.83. The van der Waals surface area contributed by atoms with Gasteiger partial charge in [-0.3, -0.25) is 0 Å². The second-order valence-electron chi connectivity index (χ2n) is 6.21. The van der Waals surface area contributed by atoms with Gasteiger partial charge in [0.15, 0.2) is 11.6 Å². The molecule has 0 atom stereocenters. The molecule has 0 amide bonds. The number of pyridine rings is 1.